The van der Waals surface area contributed by atoms with Gasteiger partial charge in [0.05, 0.1) is 19.0 Å². The van der Waals surface area contributed by atoms with E-state index in [0.29, 0.717) is 18.4 Å². The maximum absolute atomic E-state index is 13.7. The Morgan fingerprint density at radius 3 is 2.16 bits per heavy atom. The second-order valence-corrected chi connectivity index (χ2v) is 11.7. The molecule has 1 fully saturated rings. The van der Waals surface area contributed by atoms with Crippen LogP contribution >= 0.6 is 12.6 Å². The summed E-state index contributed by atoms with van der Waals surface area (Å²) in [5.74, 6) is -6.17. The van der Waals surface area contributed by atoms with Gasteiger partial charge in [0.2, 0.25) is 35.4 Å². The largest absolute Gasteiger partial charge is 0.481 e. The fourth-order valence-corrected chi connectivity index (χ4v) is 4.81. The molecule has 1 heterocycles. The fourth-order valence-electron chi connectivity index (χ4n) is 4.65. The monoisotopic (exact) mass is 718 g/mol. The number of benzene rings is 1. The van der Waals surface area contributed by atoms with Crippen LogP contribution in [0.25, 0.3) is 6.08 Å². The Bertz CT molecular complexity index is 1400. The molecular weight excluding hydrogens is 672 g/mol. The van der Waals surface area contributed by atoms with Crippen LogP contribution in [0.5, 0.6) is 0 Å². The van der Waals surface area contributed by atoms with E-state index in [1.165, 1.54) is 6.08 Å². The molecule has 18 nitrogen and oxygen atoms in total. The Morgan fingerprint density at radius 1 is 0.880 bits per heavy atom. The molecule has 0 saturated carbocycles. The van der Waals surface area contributed by atoms with Crippen molar-refractivity contribution in [2.45, 2.75) is 68.7 Å². The molecule has 0 aliphatic carbocycles. The van der Waals surface area contributed by atoms with Gasteiger partial charge in [0.1, 0.15) is 24.2 Å². The number of hydrogen-bond acceptors (Lipinski definition) is 10. The number of carboxylic acid groups (broad SMARTS) is 1. The Hall–Kier alpha value is -5.17. The predicted molar refractivity (Wildman–Crippen MR) is 186 cm³/mol. The molecule has 6 amide bonds. The summed E-state index contributed by atoms with van der Waals surface area (Å²) >= 11 is 4.00. The third-order valence-electron chi connectivity index (χ3n) is 7.32. The minimum Gasteiger partial charge on any atom is -0.481 e. The molecule has 19 heteroatoms. The fraction of sp³-hybridized carbons (Fsp3) is 0.484. The summed E-state index contributed by atoms with van der Waals surface area (Å²) in [6.45, 7) is -0.236. The average molecular weight is 719 g/mol. The van der Waals surface area contributed by atoms with Gasteiger partial charge in [-0.25, -0.2) is 0 Å². The first-order valence-corrected chi connectivity index (χ1v) is 16.6. The summed E-state index contributed by atoms with van der Waals surface area (Å²) in [5.41, 5.74) is 11.7. The minimum atomic E-state index is -1.61. The van der Waals surface area contributed by atoms with E-state index in [1.807, 2.05) is 0 Å². The maximum Gasteiger partial charge on any atom is 0.305 e. The van der Waals surface area contributed by atoms with E-state index < -0.39 is 84.6 Å². The molecule has 274 valence electrons. The number of thiol groups is 1. The molecule has 1 saturated heterocycles. The molecule has 5 atom stereocenters. The van der Waals surface area contributed by atoms with Crippen LogP contribution in [0.1, 0.15) is 44.1 Å². The number of nitrogens with two attached hydrogens (primary N) is 2. The second kappa shape index (κ2) is 21.7. The van der Waals surface area contributed by atoms with Crippen molar-refractivity contribution in [3.05, 3.63) is 42.0 Å². The van der Waals surface area contributed by atoms with Crippen LogP contribution in [0.2, 0.25) is 0 Å². The van der Waals surface area contributed by atoms with Crippen molar-refractivity contribution in [1.82, 2.24) is 37.2 Å². The maximum atomic E-state index is 13.7. The average Bonchev–Trinajstić information content (AvgIpc) is 3.08. The van der Waals surface area contributed by atoms with Crippen molar-refractivity contribution in [1.29, 1.82) is 5.41 Å². The lowest BCUT2D eigenvalue weighted by Crippen LogP contribution is -2.57. The first-order valence-electron chi connectivity index (χ1n) is 16.0. The van der Waals surface area contributed by atoms with Gasteiger partial charge < -0.3 is 53.8 Å². The SMILES string of the molecule is N=C(N)NCCC[C@@H]1NC(=O)[C@H](CCCCNC(=O)[C@H](N)CS)NC(=O)C(/C=C/c2ccccc2)NC(=O)[C@H](CC(=O)O)NC(=O)CNC1=O. The standard InChI is InChI=1S/C31H46N10O8S/c32-19(17-50)26(45)35-13-5-4-9-21-28(47)39-20(10-6-14-36-31(33)34)27(46)37-16-24(42)38-23(15-25(43)44)30(49)41-22(29(48)40-21)12-11-18-7-2-1-3-8-18/h1-3,7-8,11-12,19-23,50H,4-6,9-10,13-17,32H2,(H,35,45)(H,37,46)(H,38,42)(H,39,47)(H,40,48)(H,41,49)(H,43,44)(H4,33,34,36)/b12-11+/t19-,20+,21+,22?,23+/m1/s1. The molecule has 50 heavy (non-hydrogen) atoms. The molecule has 2 rings (SSSR count). The van der Waals surface area contributed by atoms with Gasteiger partial charge in [0, 0.05) is 18.8 Å². The molecule has 1 unspecified atom stereocenters. The highest BCUT2D eigenvalue weighted by atomic mass is 32.1. The topological polar surface area (TPSA) is 300 Å². The van der Waals surface area contributed by atoms with Gasteiger partial charge in [-0.05, 0) is 37.7 Å². The van der Waals surface area contributed by atoms with Crippen molar-refractivity contribution >= 4 is 66.1 Å². The molecular formula is C31H46N10O8S. The van der Waals surface area contributed by atoms with Crippen LogP contribution in [-0.2, 0) is 33.6 Å². The van der Waals surface area contributed by atoms with Crippen LogP contribution in [0.15, 0.2) is 36.4 Å². The second-order valence-electron chi connectivity index (χ2n) is 11.4. The molecule has 0 bridgehead atoms. The number of amides is 6. The molecule has 1 aromatic carbocycles. The predicted octanol–water partition coefficient (Wildman–Crippen LogP) is -2.95. The van der Waals surface area contributed by atoms with Gasteiger partial charge in [-0.3, -0.25) is 39.0 Å². The van der Waals surface area contributed by atoms with Crippen molar-refractivity contribution in [2.24, 2.45) is 11.5 Å². The zero-order chi connectivity index (χ0) is 37.1. The number of aliphatic carboxylic acids is 1. The number of hydrogen-bond donors (Lipinski definition) is 12. The minimum absolute atomic E-state index is 0.0433. The Kier molecular flexibility index (Phi) is 17.8. The summed E-state index contributed by atoms with van der Waals surface area (Å²) < 4.78 is 0. The van der Waals surface area contributed by atoms with Gasteiger partial charge in [-0.2, -0.15) is 12.6 Å². The number of guanidine groups is 1. The van der Waals surface area contributed by atoms with Gasteiger partial charge in [0.15, 0.2) is 5.96 Å². The van der Waals surface area contributed by atoms with Crippen molar-refractivity contribution in [3.63, 3.8) is 0 Å². The number of carboxylic acids is 1. The van der Waals surface area contributed by atoms with Crippen LogP contribution in [0.4, 0.5) is 0 Å². The number of carbonyl (C=O) groups is 7. The van der Waals surface area contributed by atoms with Gasteiger partial charge >= 0.3 is 5.97 Å². The van der Waals surface area contributed by atoms with Crippen molar-refractivity contribution in [3.8, 4) is 0 Å². The Morgan fingerprint density at radius 2 is 1.50 bits per heavy atom. The third-order valence-corrected chi connectivity index (χ3v) is 7.71. The van der Waals surface area contributed by atoms with E-state index in [4.69, 9.17) is 16.9 Å². The van der Waals surface area contributed by atoms with E-state index in [0.717, 1.165) is 0 Å². The van der Waals surface area contributed by atoms with Gasteiger partial charge in [-0.15, -0.1) is 0 Å². The number of unbranched alkanes of at least 4 members (excludes halogenated alkanes) is 1. The lowest BCUT2D eigenvalue weighted by atomic mass is 10.0. The summed E-state index contributed by atoms with van der Waals surface area (Å²) in [7, 11) is 0. The van der Waals surface area contributed by atoms with E-state index in [-0.39, 0.29) is 44.1 Å². The van der Waals surface area contributed by atoms with Gasteiger partial charge in [0.25, 0.3) is 0 Å². The van der Waals surface area contributed by atoms with Crippen molar-refractivity contribution < 1.29 is 38.7 Å². The number of nitrogens with one attached hydrogen (secondary N) is 8. The molecule has 0 radical (unpaired) electrons. The highest BCUT2D eigenvalue weighted by Crippen LogP contribution is 2.08. The quantitative estimate of drug-likeness (QED) is 0.0377. The lowest BCUT2D eigenvalue weighted by molar-refractivity contribution is -0.141. The van der Waals surface area contributed by atoms with E-state index in [9.17, 15) is 38.7 Å². The molecule has 1 aliphatic rings. The van der Waals surface area contributed by atoms with Gasteiger partial charge in [-0.1, -0.05) is 42.5 Å². The zero-order valence-electron chi connectivity index (χ0n) is 27.4. The van der Waals surface area contributed by atoms with Crippen LogP contribution in [0, 0.1) is 5.41 Å². The van der Waals surface area contributed by atoms with Crippen LogP contribution in [-0.4, -0.2) is 108 Å². The normalized spacial score (nSPS) is 21.3. The molecule has 0 aromatic heterocycles. The first-order chi connectivity index (χ1) is 23.8. The smallest absolute Gasteiger partial charge is 0.305 e. The number of carbonyl (C=O) groups excluding carboxylic acids is 6. The van der Waals surface area contributed by atoms with Crippen LogP contribution in [0.3, 0.4) is 0 Å². The Labute approximate surface area is 294 Å². The summed E-state index contributed by atoms with van der Waals surface area (Å²) in [4.78, 5) is 90.1. The first kappa shape index (κ1) is 41.0. The summed E-state index contributed by atoms with van der Waals surface area (Å²) in [5, 5.41) is 34.3. The number of rotatable bonds is 15. The highest BCUT2D eigenvalue weighted by molar-refractivity contribution is 7.80. The Balaban J connectivity index is 2.42. The van der Waals surface area contributed by atoms with E-state index in [2.05, 4.69) is 49.8 Å². The van der Waals surface area contributed by atoms with Crippen LogP contribution < -0.4 is 48.7 Å². The van der Waals surface area contributed by atoms with E-state index in [1.54, 1.807) is 36.4 Å². The van der Waals surface area contributed by atoms with E-state index >= 15 is 0 Å². The molecule has 1 aromatic rings. The van der Waals surface area contributed by atoms with Crippen molar-refractivity contribution in [2.75, 3.05) is 25.4 Å². The summed E-state index contributed by atoms with van der Waals surface area (Å²) in [6.07, 6.45) is 3.15. The molecule has 0 spiro atoms. The highest BCUT2D eigenvalue weighted by Gasteiger charge is 2.32. The molecule has 13 N–H and O–H groups in total. The summed E-state index contributed by atoms with van der Waals surface area (Å²) in [6, 6.07) is 2.52. The zero-order valence-corrected chi connectivity index (χ0v) is 28.3. The third kappa shape index (κ3) is 15.4. The molecule has 1 aliphatic heterocycles. The lowest BCUT2D eigenvalue weighted by Gasteiger charge is -2.25.